The maximum Gasteiger partial charge on any atom is 0.304 e. The Morgan fingerprint density at radius 1 is 1.40 bits per heavy atom. The zero-order chi connectivity index (χ0) is 15.6. The van der Waals surface area contributed by atoms with Crippen LogP contribution in [0, 0.1) is 5.92 Å². The summed E-state index contributed by atoms with van der Waals surface area (Å²) in [5, 5.41) is 8.81. The summed E-state index contributed by atoms with van der Waals surface area (Å²) in [7, 11) is -3.61. The van der Waals surface area contributed by atoms with Crippen LogP contribution >= 0.6 is 0 Å². The summed E-state index contributed by atoms with van der Waals surface area (Å²) < 4.78 is 28.3. The first-order valence-electron chi connectivity index (χ1n) is 7.05. The molecule has 6 nitrogen and oxygen atoms in total. The minimum Gasteiger partial charge on any atom is -0.481 e. The second-order valence-electron chi connectivity index (χ2n) is 6.50. The van der Waals surface area contributed by atoms with E-state index in [9.17, 15) is 13.2 Å². The molecule has 0 amide bonds. The highest BCUT2D eigenvalue weighted by Gasteiger charge is 2.38. The lowest BCUT2D eigenvalue weighted by Crippen LogP contribution is -2.54. The van der Waals surface area contributed by atoms with Crippen molar-refractivity contribution in [1.82, 2.24) is 8.61 Å². The molecule has 0 aromatic carbocycles. The summed E-state index contributed by atoms with van der Waals surface area (Å²) in [6, 6.07) is 0. The molecule has 1 N–H and O–H groups in total. The standard InChI is InChI=1S/C13H26N2O4S/c1-11-6-5-8-14(10-11)20(18,19)15(13(2,3)4)9-7-12(16)17/h11H,5-10H2,1-4H3,(H,16,17). The number of piperidine rings is 1. The van der Waals surface area contributed by atoms with Crippen molar-refractivity contribution in [1.29, 1.82) is 0 Å². The van der Waals surface area contributed by atoms with Gasteiger partial charge in [0.25, 0.3) is 10.2 Å². The van der Waals surface area contributed by atoms with Gasteiger partial charge in [0.2, 0.25) is 0 Å². The number of nitrogens with zero attached hydrogens (tertiary/aromatic N) is 2. The summed E-state index contributed by atoms with van der Waals surface area (Å²) in [5.74, 6) is -0.638. The van der Waals surface area contributed by atoms with Crippen LogP contribution in [0.5, 0.6) is 0 Å². The summed E-state index contributed by atoms with van der Waals surface area (Å²) in [6.45, 7) is 8.46. The van der Waals surface area contributed by atoms with Crippen LogP contribution in [0.25, 0.3) is 0 Å². The van der Waals surface area contributed by atoms with E-state index in [0.717, 1.165) is 12.8 Å². The zero-order valence-electron chi connectivity index (χ0n) is 12.8. The quantitative estimate of drug-likeness (QED) is 0.835. The summed E-state index contributed by atoms with van der Waals surface area (Å²) in [5.41, 5.74) is -0.630. The van der Waals surface area contributed by atoms with Crippen LogP contribution in [0.2, 0.25) is 0 Å². The van der Waals surface area contributed by atoms with Crippen LogP contribution in [0.4, 0.5) is 0 Å². The van der Waals surface area contributed by atoms with Crippen molar-refractivity contribution in [2.75, 3.05) is 19.6 Å². The SMILES string of the molecule is CC1CCCN(S(=O)(=O)N(CCC(=O)O)C(C)(C)C)C1. The Morgan fingerprint density at radius 2 is 2.00 bits per heavy atom. The lowest BCUT2D eigenvalue weighted by Gasteiger charge is -2.40. The molecule has 0 aliphatic carbocycles. The van der Waals surface area contributed by atoms with E-state index in [1.165, 1.54) is 8.61 Å². The highest BCUT2D eigenvalue weighted by molar-refractivity contribution is 7.86. The fourth-order valence-corrected chi connectivity index (χ4v) is 4.58. The first kappa shape index (κ1) is 17.4. The Morgan fingerprint density at radius 3 is 2.45 bits per heavy atom. The molecule has 118 valence electrons. The minimum atomic E-state index is -3.61. The van der Waals surface area contributed by atoms with E-state index < -0.39 is 21.7 Å². The van der Waals surface area contributed by atoms with Gasteiger partial charge < -0.3 is 5.11 Å². The smallest absolute Gasteiger partial charge is 0.304 e. The van der Waals surface area contributed by atoms with Gasteiger partial charge in [-0.05, 0) is 39.5 Å². The number of hydrogen-bond acceptors (Lipinski definition) is 3. The molecular weight excluding hydrogens is 280 g/mol. The van der Waals surface area contributed by atoms with Crippen molar-refractivity contribution in [2.24, 2.45) is 5.92 Å². The van der Waals surface area contributed by atoms with Gasteiger partial charge in [0.15, 0.2) is 0 Å². The van der Waals surface area contributed by atoms with Gasteiger partial charge in [-0.3, -0.25) is 4.79 Å². The highest BCUT2D eigenvalue weighted by Crippen LogP contribution is 2.25. The third-order valence-electron chi connectivity index (χ3n) is 3.50. The van der Waals surface area contributed by atoms with Crippen LogP contribution < -0.4 is 0 Å². The Kier molecular flexibility index (Phi) is 5.57. The minimum absolute atomic E-state index is 0.00600. The number of carboxylic acid groups (broad SMARTS) is 1. The predicted molar refractivity (Wildman–Crippen MR) is 77.6 cm³/mol. The van der Waals surface area contributed by atoms with Gasteiger partial charge in [0.05, 0.1) is 6.42 Å². The summed E-state index contributed by atoms with van der Waals surface area (Å²) in [6.07, 6.45) is 1.72. The normalized spacial score (nSPS) is 22.1. The largest absolute Gasteiger partial charge is 0.481 e. The van der Waals surface area contributed by atoms with Gasteiger partial charge in [-0.1, -0.05) is 6.92 Å². The third kappa shape index (κ3) is 4.43. The Bertz CT molecular complexity index is 442. The lowest BCUT2D eigenvalue weighted by molar-refractivity contribution is -0.137. The van der Waals surface area contributed by atoms with Gasteiger partial charge in [0.1, 0.15) is 0 Å². The molecule has 1 aliphatic heterocycles. The van der Waals surface area contributed by atoms with Crippen LogP contribution in [-0.4, -0.2) is 53.3 Å². The maximum absolute atomic E-state index is 12.7. The molecule has 1 heterocycles. The molecule has 1 atom stereocenters. The van der Waals surface area contributed by atoms with E-state index in [1.807, 2.05) is 6.92 Å². The van der Waals surface area contributed by atoms with Crippen molar-refractivity contribution in [3.8, 4) is 0 Å². The van der Waals surface area contributed by atoms with E-state index in [2.05, 4.69) is 0 Å². The van der Waals surface area contributed by atoms with E-state index >= 15 is 0 Å². The molecule has 0 aromatic rings. The average molecular weight is 306 g/mol. The number of carbonyl (C=O) groups is 1. The zero-order valence-corrected chi connectivity index (χ0v) is 13.6. The molecule has 1 rings (SSSR count). The number of rotatable bonds is 5. The third-order valence-corrected chi connectivity index (χ3v) is 5.77. The highest BCUT2D eigenvalue weighted by atomic mass is 32.2. The van der Waals surface area contributed by atoms with Crippen molar-refractivity contribution in [3.63, 3.8) is 0 Å². The Hall–Kier alpha value is -0.660. The predicted octanol–water partition coefficient (Wildman–Crippen LogP) is 1.54. The first-order valence-corrected chi connectivity index (χ1v) is 8.44. The van der Waals surface area contributed by atoms with Gasteiger partial charge in [0, 0.05) is 25.2 Å². The molecule has 0 bridgehead atoms. The monoisotopic (exact) mass is 306 g/mol. The summed E-state index contributed by atoms with van der Waals surface area (Å²) in [4.78, 5) is 10.8. The van der Waals surface area contributed by atoms with Crippen LogP contribution in [0.1, 0.15) is 47.0 Å². The molecule has 1 saturated heterocycles. The van der Waals surface area contributed by atoms with E-state index in [4.69, 9.17) is 5.11 Å². The Labute approximate surface area is 121 Å². The molecular formula is C13H26N2O4S. The molecule has 0 aromatic heterocycles. The molecule has 0 saturated carbocycles. The second-order valence-corrected chi connectivity index (χ2v) is 8.35. The van der Waals surface area contributed by atoms with Crippen molar-refractivity contribution in [2.45, 2.75) is 52.5 Å². The Balaban J connectivity index is 2.95. The lowest BCUT2D eigenvalue weighted by atomic mass is 10.0. The average Bonchev–Trinajstić information content (AvgIpc) is 2.26. The van der Waals surface area contributed by atoms with Gasteiger partial charge in [-0.25, -0.2) is 0 Å². The summed E-state index contributed by atoms with van der Waals surface area (Å²) >= 11 is 0. The number of carboxylic acids is 1. The fraction of sp³-hybridized carbons (Fsp3) is 0.923. The van der Waals surface area contributed by atoms with Gasteiger partial charge in [-0.2, -0.15) is 17.0 Å². The molecule has 1 unspecified atom stereocenters. The van der Waals surface area contributed by atoms with E-state index in [1.54, 1.807) is 20.8 Å². The van der Waals surface area contributed by atoms with Crippen molar-refractivity contribution >= 4 is 16.2 Å². The number of aliphatic carboxylic acids is 1. The first-order chi connectivity index (χ1) is 9.05. The molecule has 0 radical (unpaired) electrons. The number of hydrogen-bond donors (Lipinski definition) is 1. The van der Waals surface area contributed by atoms with Crippen molar-refractivity contribution in [3.05, 3.63) is 0 Å². The van der Waals surface area contributed by atoms with Crippen LogP contribution in [0.3, 0.4) is 0 Å². The van der Waals surface area contributed by atoms with Gasteiger partial charge >= 0.3 is 5.97 Å². The molecule has 20 heavy (non-hydrogen) atoms. The molecule has 0 spiro atoms. The van der Waals surface area contributed by atoms with Crippen LogP contribution in [-0.2, 0) is 15.0 Å². The molecule has 1 fully saturated rings. The van der Waals surface area contributed by atoms with E-state index in [0.29, 0.717) is 19.0 Å². The van der Waals surface area contributed by atoms with E-state index in [-0.39, 0.29) is 13.0 Å². The fourth-order valence-electron chi connectivity index (χ4n) is 2.49. The van der Waals surface area contributed by atoms with Gasteiger partial charge in [-0.15, -0.1) is 0 Å². The molecule has 7 heteroatoms. The molecule has 1 aliphatic rings. The van der Waals surface area contributed by atoms with Crippen molar-refractivity contribution < 1.29 is 18.3 Å². The second kappa shape index (κ2) is 6.41. The topological polar surface area (TPSA) is 77.9 Å². The maximum atomic E-state index is 12.7. The van der Waals surface area contributed by atoms with Crippen LogP contribution in [0.15, 0.2) is 0 Å².